The highest BCUT2D eigenvalue weighted by Crippen LogP contribution is 2.19. The van der Waals surface area contributed by atoms with Crippen LogP contribution < -0.4 is 10.2 Å². The lowest BCUT2D eigenvalue weighted by Gasteiger charge is -2.14. The molecular formula is C18H18F3N2O3+. The molecule has 0 spiro atoms. The summed E-state index contributed by atoms with van der Waals surface area (Å²) in [7, 11) is 3.04. The molecule has 0 fully saturated rings. The number of esters is 1. The molecule has 1 atom stereocenters. The summed E-state index contributed by atoms with van der Waals surface area (Å²) < 4.78 is 44.2. The third-order valence-corrected chi connectivity index (χ3v) is 3.65. The van der Waals surface area contributed by atoms with Gasteiger partial charge in [0.15, 0.2) is 24.0 Å². The maximum atomic E-state index is 13.6. The molecule has 1 unspecified atom stereocenters. The maximum absolute atomic E-state index is 13.6. The lowest BCUT2D eigenvalue weighted by molar-refractivity contribution is -0.885. The summed E-state index contributed by atoms with van der Waals surface area (Å²) in [6.07, 6.45) is 0. The fourth-order valence-corrected chi connectivity index (χ4v) is 2.38. The summed E-state index contributed by atoms with van der Waals surface area (Å²) >= 11 is 0. The molecule has 0 aliphatic carbocycles. The first-order valence-corrected chi connectivity index (χ1v) is 7.73. The molecule has 0 saturated heterocycles. The fraction of sp³-hybridized carbons (Fsp3) is 0.222. The predicted octanol–water partition coefficient (Wildman–Crippen LogP) is 1.54. The number of quaternary nitrogens is 1. The van der Waals surface area contributed by atoms with Crippen molar-refractivity contribution in [2.24, 2.45) is 0 Å². The first-order valence-electron chi connectivity index (χ1n) is 7.73. The van der Waals surface area contributed by atoms with Gasteiger partial charge in [0.2, 0.25) is 0 Å². The van der Waals surface area contributed by atoms with Gasteiger partial charge in [-0.15, -0.1) is 0 Å². The smallest absolute Gasteiger partial charge is 0.337 e. The molecule has 8 heteroatoms. The van der Waals surface area contributed by atoms with Gasteiger partial charge < -0.3 is 15.0 Å². The third kappa shape index (κ3) is 4.82. The fourth-order valence-electron chi connectivity index (χ4n) is 2.38. The molecular weight excluding hydrogens is 349 g/mol. The zero-order valence-corrected chi connectivity index (χ0v) is 14.2. The van der Waals surface area contributed by atoms with Crippen molar-refractivity contribution in [2.75, 3.05) is 26.0 Å². The van der Waals surface area contributed by atoms with E-state index in [0.717, 1.165) is 22.6 Å². The molecule has 0 aromatic heterocycles. The Kier molecular flexibility index (Phi) is 6.35. The van der Waals surface area contributed by atoms with Gasteiger partial charge in [0.25, 0.3) is 5.91 Å². The van der Waals surface area contributed by atoms with E-state index in [1.807, 2.05) is 0 Å². The molecule has 0 saturated carbocycles. The van der Waals surface area contributed by atoms with Gasteiger partial charge in [0, 0.05) is 5.56 Å². The summed E-state index contributed by atoms with van der Waals surface area (Å²) in [5.74, 6) is -5.37. The van der Waals surface area contributed by atoms with Crippen molar-refractivity contribution in [3.8, 4) is 0 Å². The van der Waals surface area contributed by atoms with E-state index in [4.69, 9.17) is 0 Å². The minimum absolute atomic E-state index is 0.0167. The van der Waals surface area contributed by atoms with Gasteiger partial charge in [-0.2, -0.15) is 0 Å². The highest BCUT2D eigenvalue weighted by molar-refractivity contribution is 5.91. The number of ether oxygens (including phenoxy) is 1. The number of amides is 1. The number of hydrogen-bond donors (Lipinski definition) is 2. The second kappa shape index (κ2) is 8.48. The molecule has 0 heterocycles. The molecule has 2 N–H and O–H groups in total. The number of rotatable bonds is 6. The van der Waals surface area contributed by atoms with E-state index >= 15 is 0 Å². The highest BCUT2D eigenvalue weighted by Gasteiger charge is 2.17. The molecule has 2 aromatic carbocycles. The van der Waals surface area contributed by atoms with Crippen molar-refractivity contribution >= 4 is 17.6 Å². The number of nitrogens with one attached hydrogen (secondary N) is 2. The van der Waals surface area contributed by atoms with Crippen LogP contribution in [-0.2, 0) is 16.1 Å². The molecule has 1 amide bonds. The number of carbonyl (C=O) groups is 2. The average molecular weight is 367 g/mol. The van der Waals surface area contributed by atoms with E-state index in [-0.39, 0.29) is 6.54 Å². The average Bonchev–Trinajstić information content (AvgIpc) is 2.62. The largest absolute Gasteiger partial charge is 0.465 e. The number of anilines is 1. The monoisotopic (exact) mass is 367 g/mol. The summed E-state index contributed by atoms with van der Waals surface area (Å²) in [6.45, 7) is 0.451. The van der Waals surface area contributed by atoms with E-state index in [2.05, 4.69) is 10.1 Å². The second-order valence-corrected chi connectivity index (χ2v) is 5.77. The number of halogens is 3. The van der Waals surface area contributed by atoms with E-state index < -0.39 is 35.0 Å². The van der Waals surface area contributed by atoms with Crippen LogP contribution in [0, 0.1) is 17.5 Å². The van der Waals surface area contributed by atoms with Gasteiger partial charge >= 0.3 is 5.97 Å². The number of methoxy groups -OCH3 is 1. The van der Waals surface area contributed by atoms with Gasteiger partial charge in [-0.1, -0.05) is 12.1 Å². The van der Waals surface area contributed by atoms with Gasteiger partial charge in [-0.05, 0) is 24.3 Å². The zero-order valence-electron chi connectivity index (χ0n) is 14.2. The van der Waals surface area contributed by atoms with E-state index in [0.29, 0.717) is 12.1 Å². The van der Waals surface area contributed by atoms with Crippen LogP contribution in [0.25, 0.3) is 0 Å². The Morgan fingerprint density at radius 1 is 1.04 bits per heavy atom. The molecule has 5 nitrogen and oxygen atoms in total. The molecule has 0 bridgehead atoms. The second-order valence-electron chi connectivity index (χ2n) is 5.77. The van der Waals surface area contributed by atoms with Gasteiger partial charge in [-0.3, -0.25) is 4.79 Å². The summed E-state index contributed by atoms with van der Waals surface area (Å²) in [5.41, 5.74) is 0.881. The van der Waals surface area contributed by atoms with Crippen molar-refractivity contribution in [3.05, 3.63) is 65.0 Å². The first-order chi connectivity index (χ1) is 12.3. The summed E-state index contributed by atoms with van der Waals surface area (Å²) in [6, 6.07) is 8.42. The number of carbonyl (C=O) groups excluding carboxylic acids is 2. The maximum Gasteiger partial charge on any atom is 0.337 e. The van der Waals surface area contributed by atoms with Crippen molar-refractivity contribution in [1.82, 2.24) is 0 Å². The van der Waals surface area contributed by atoms with E-state index in [1.54, 1.807) is 31.3 Å². The number of likely N-dealkylation sites (N-methyl/N-ethyl adjacent to an activating group) is 1. The number of benzene rings is 2. The summed E-state index contributed by atoms with van der Waals surface area (Å²) in [4.78, 5) is 24.1. The van der Waals surface area contributed by atoms with E-state index in [9.17, 15) is 22.8 Å². The van der Waals surface area contributed by atoms with Gasteiger partial charge in [0.05, 0.1) is 25.4 Å². The van der Waals surface area contributed by atoms with Crippen molar-refractivity contribution in [1.29, 1.82) is 0 Å². The zero-order chi connectivity index (χ0) is 19.3. The van der Waals surface area contributed by atoms with Crippen LogP contribution in [0.3, 0.4) is 0 Å². The Bertz CT molecular complexity index is 810. The molecule has 2 aromatic rings. The highest BCUT2D eigenvalue weighted by atomic mass is 19.2. The molecule has 2 rings (SSSR count). The van der Waals surface area contributed by atoms with Crippen molar-refractivity contribution in [3.63, 3.8) is 0 Å². The molecule has 138 valence electrons. The normalized spacial score (nSPS) is 11.7. The predicted molar refractivity (Wildman–Crippen MR) is 88.2 cm³/mol. The molecule has 0 aliphatic heterocycles. The summed E-state index contributed by atoms with van der Waals surface area (Å²) in [5, 5.41) is 2.22. The van der Waals surface area contributed by atoms with Gasteiger partial charge in [0.1, 0.15) is 6.54 Å². The van der Waals surface area contributed by atoms with E-state index in [1.165, 1.54) is 7.11 Å². The van der Waals surface area contributed by atoms with Crippen LogP contribution in [0.1, 0.15) is 15.9 Å². The van der Waals surface area contributed by atoms with Crippen LogP contribution in [0.5, 0.6) is 0 Å². The Morgan fingerprint density at radius 2 is 1.69 bits per heavy atom. The lowest BCUT2D eigenvalue weighted by atomic mass is 10.1. The standard InChI is InChI=1S/C18H17F3N2O3/c1-23(9-11-3-5-12(6-4-11)18(25)26-2)10-15(24)22-14-8-7-13(19)16(20)17(14)21/h3-8H,9-10H2,1-2H3,(H,22,24)/p+1. The first kappa shape index (κ1) is 19.5. The minimum atomic E-state index is -1.63. The van der Waals surface area contributed by atoms with Crippen LogP contribution in [0.2, 0.25) is 0 Å². The molecule has 0 radical (unpaired) electrons. The van der Waals surface area contributed by atoms with Crippen LogP contribution in [-0.4, -0.2) is 32.6 Å². The Morgan fingerprint density at radius 3 is 2.31 bits per heavy atom. The number of hydrogen-bond acceptors (Lipinski definition) is 3. The Balaban J connectivity index is 1.93. The minimum Gasteiger partial charge on any atom is -0.465 e. The SMILES string of the molecule is COC(=O)c1ccc(C[NH+](C)CC(=O)Nc2ccc(F)c(F)c2F)cc1. The topological polar surface area (TPSA) is 59.8 Å². The van der Waals surface area contributed by atoms with Gasteiger partial charge in [-0.25, -0.2) is 18.0 Å². The molecule has 26 heavy (non-hydrogen) atoms. The lowest BCUT2D eigenvalue weighted by Crippen LogP contribution is -3.08. The van der Waals surface area contributed by atoms with Crippen LogP contribution in [0.4, 0.5) is 18.9 Å². The van der Waals surface area contributed by atoms with Crippen molar-refractivity contribution < 1.29 is 32.4 Å². The third-order valence-electron chi connectivity index (χ3n) is 3.65. The Hall–Kier alpha value is -2.87. The molecule has 0 aliphatic rings. The quantitative estimate of drug-likeness (QED) is 0.602. The van der Waals surface area contributed by atoms with Crippen LogP contribution in [0.15, 0.2) is 36.4 Å². The van der Waals surface area contributed by atoms with Crippen molar-refractivity contribution in [2.45, 2.75) is 6.54 Å². The Labute approximate surface area is 148 Å². The van der Waals surface area contributed by atoms with Crippen LogP contribution >= 0.6 is 0 Å².